The Balaban J connectivity index is 2.51. The monoisotopic (exact) mass is 310 g/mol. The van der Waals surface area contributed by atoms with Crippen LogP contribution in [0.5, 0.6) is 0 Å². The summed E-state index contributed by atoms with van der Waals surface area (Å²) in [6.45, 7) is 1.16. The van der Waals surface area contributed by atoms with E-state index in [0.717, 1.165) is 0 Å². The van der Waals surface area contributed by atoms with Crippen LogP contribution in [0.3, 0.4) is 0 Å². The van der Waals surface area contributed by atoms with Crippen molar-refractivity contribution in [1.82, 2.24) is 9.55 Å². The van der Waals surface area contributed by atoms with Gasteiger partial charge in [-0.25, -0.2) is 4.98 Å². The van der Waals surface area contributed by atoms with Crippen LogP contribution in [0.25, 0.3) is 0 Å². The van der Waals surface area contributed by atoms with E-state index in [0.29, 0.717) is 23.3 Å². The van der Waals surface area contributed by atoms with Gasteiger partial charge in [-0.15, -0.1) is 0 Å². The van der Waals surface area contributed by atoms with Crippen LogP contribution in [-0.4, -0.2) is 34.5 Å². The fourth-order valence-corrected chi connectivity index (χ4v) is 1.38. The maximum absolute atomic E-state index is 11.4. The molecule has 1 heterocycles. The molecule has 1 N–H and O–H groups in total. The third-order valence-electron chi connectivity index (χ3n) is 1.57. The molecule has 0 saturated heterocycles. The lowest BCUT2D eigenvalue weighted by atomic mass is 10.6. The van der Waals surface area contributed by atoms with Crippen LogP contribution in [0.1, 0.15) is 0 Å². The number of aromatic nitrogens is 2. The van der Waals surface area contributed by atoms with Gasteiger partial charge in [0.2, 0.25) is 0 Å². The van der Waals surface area contributed by atoms with Crippen molar-refractivity contribution in [3.63, 3.8) is 0 Å². The standard InChI is InChI=1S/C8H11IN2O3/c9-7-5-10-6-11(8(7)13)1-3-14-4-2-12/h5-6,12H,1-4H2. The molecule has 0 aliphatic carbocycles. The van der Waals surface area contributed by atoms with Crippen molar-refractivity contribution in [3.8, 4) is 0 Å². The van der Waals surface area contributed by atoms with Gasteiger partial charge in [0, 0.05) is 6.20 Å². The highest BCUT2D eigenvalue weighted by atomic mass is 127. The number of halogens is 1. The summed E-state index contributed by atoms with van der Waals surface area (Å²) in [6.07, 6.45) is 3.00. The summed E-state index contributed by atoms with van der Waals surface area (Å²) in [5.74, 6) is 0. The number of rotatable bonds is 5. The van der Waals surface area contributed by atoms with Crippen LogP contribution in [0.4, 0.5) is 0 Å². The number of ether oxygens (including phenoxy) is 1. The Hall–Kier alpha value is -0.470. The number of aliphatic hydroxyl groups is 1. The first kappa shape index (κ1) is 11.6. The van der Waals surface area contributed by atoms with E-state index in [-0.39, 0.29) is 12.2 Å². The third-order valence-corrected chi connectivity index (χ3v) is 2.31. The van der Waals surface area contributed by atoms with Gasteiger partial charge in [-0.2, -0.15) is 0 Å². The molecule has 6 heteroatoms. The summed E-state index contributed by atoms with van der Waals surface area (Å²) < 4.78 is 7.12. The van der Waals surface area contributed by atoms with Crippen molar-refractivity contribution in [2.75, 3.05) is 19.8 Å². The molecule has 0 aliphatic heterocycles. The minimum Gasteiger partial charge on any atom is -0.394 e. The van der Waals surface area contributed by atoms with Gasteiger partial charge in [-0.1, -0.05) is 0 Å². The molecule has 14 heavy (non-hydrogen) atoms. The van der Waals surface area contributed by atoms with E-state index in [1.165, 1.54) is 17.1 Å². The second kappa shape index (κ2) is 6.10. The van der Waals surface area contributed by atoms with Crippen molar-refractivity contribution < 1.29 is 9.84 Å². The Morgan fingerprint density at radius 3 is 3.07 bits per heavy atom. The molecular formula is C8H11IN2O3. The predicted octanol–water partition coefficient (Wildman–Crippen LogP) is -0.143. The summed E-state index contributed by atoms with van der Waals surface area (Å²) in [7, 11) is 0. The Labute approximate surface area is 94.9 Å². The minimum atomic E-state index is -0.0619. The van der Waals surface area contributed by atoms with Gasteiger partial charge in [-0.3, -0.25) is 9.36 Å². The zero-order chi connectivity index (χ0) is 10.4. The number of hydrogen-bond donors (Lipinski definition) is 1. The molecule has 0 saturated carbocycles. The van der Waals surface area contributed by atoms with Crippen molar-refractivity contribution in [1.29, 1.82) is 0 Å². The van der Waals surface area contributed by atoms with E-state index in [1.54, 1.807) is 0 Å². The Morgan fingerprint density at radius 1 is 1.57 bits per heavy atom. The molecule has 0 unspecified atom stereocenters. The molecule has 0 radical (unpaired) electrons. The lowest BCUT2D eigenvalue weighted by molar-refractivity contribution is 0.0863. The first-order valence-electron chi connectivity index (χ1n) is 4.14. The highest BCUT2D eigenvalue weighted by Crippen LogP contribution is 1.92. The SMILES string of the molecule is O=c1c(I)cncn1CCOCCO. The summed E-state index contributed by atoms with van der Waals surface area (Å²) in [5, 5.41) is 8.46. The Bertz CT molecular complexity index is 340. The fourth-order valence-electron chi connectivity index (χ4n) is 0.913. The van der Waals surface area contributed by atoms with Crippen LogP contribution in [0, 0.1) is 3.57 Å². The molecule has 0 atom stereocenters. The molecule has 1 aromatic heterocycles. The summed E-state index contributed by atoms with van der Waals surface area (Å²) in [4.78, 5) is 15.3. The van der Waals surface area contributed by atoms with Gasteiger partial charge in [0.05, 0.1) is 36.3 Å². The highest BCUT2D eigenvalue weighted by Gasteiger charge is 1.99. The van der Waals surface area contributed by atoms with Gasteiger partial charge in [-0.05, 0) is 22.6 Å². The van der Waals surface area contributed by atoms with Crippen molar-refractivity contribution in [2.24, 2.45) is 0 Å². The van der Waals surface area contributed by atoms with E-state index in [4.69, 9.17) is 9.84 Å². The maximum atomic E-state index is 11.4. The minimum absolute atomic E-state index is 0.000523. The first-order chi connectivity index (χ1) is 6.75. The topological polar surface area (TPSA) is 64.4 Å². The maximum Gasteiger partial charge on any atom is 0.266 e. The molecule has 0 fully saturated rings. The van der Waals surface area contributed by atoms with Gasteiger partial charge in [0.25, 0.3) is 5.56 Å². The molecule has 78 valence electrons. The van der Waals surface area contributed by atoms with Crippen LogP contribution < -0.4 is 5.56 Å². The van der Waals surface area contributed by atoms with Gasteiger partial charge >= 0.3 is 0 Å². The predicted molar refractivity (Wildman–Crippen MR) is 59.1 cm³/mol. The smallest absolute Gasteiger partial charge is 0.266 e. The van der Waals surface area contributed by atoms with Crippen molar-refractivity contribution >= 4 is 22.6 Å². The molecular weight excluding hydrogens is 299 g/mol. The van der Waals surface area contributed by atoms with E-state index >= 15 is 0 Å². The lowest BCUT2D eigenvalue weighted by Crippen LogP contribution is -2.24. The van der Waals surface area contributed by atoms with E-state index in [2.05, 4.69) is 4.98 Å². The van der Waals surface area contributed by atoms with Crippen LogP contribution in [-0.2, 0) is 11.3 Å². The van der Waals surface area contributed by atoms with Crippen molar-refractivity contribution in [3.05, 3.63) is 26.4 Å². The van der Waals surface area contributed by atoms with Gasteiger partial charge < -0.3 is 9.84 Å². The third kappa shape index (κ3) is 3.35. The van der Waals surface area contributed by atoms with Crippen LogP contribution in [0.15, 0.2) is 17.3 Å². The average Bonchev–Trinajstić information content (AvgIpc) is 2.19. The van der Waals surface area contributed by atoms with Crippen LogP contribution in [0.2, 0.25) is 0 Å². The molecule has 1 rings (SSSR count). The Kier molecular flexibility index (Phi) is 5.05. The molecule has 1 aromatic rings. The number of hydrogen-bond acceptors (Lipinski definition) is 4. The molecule has 5 nitrogen and oxygen atoms in total. The summed E-state index contributed by atoms with van der Waals surface area (Å²) >= 11 is 1.94. The number of aliphatic hydroxyl groups excluding tert-OH is 1. The molecule has 0 aliphatic rings. The second-order valence-electron chi connectivity index (χ2n) is 2.58. The second-order valence-corrected chi connectivity index (χ2v) is 3.74. The highest BCUT2D eigenvalue weighted by molar-refractivity contribution is 14.1. The Morgan fingerprint density at radius 2 is 2.36 bits per heavy atom. The first-order valence-corrected chi connectivity index (χ1v) is 5.22. The summed E-state index contributed by atoms with van der Waals surface area (Å²) in [6, 6.07) is 0. The fraction of sp³-hybridized carbons (Fsp3) is 0.500. The average molecular weight is 310 g/mol. The molecule has 0 aromatic carbocycles. The quantitative estimate of drug-likeness (QED) is 0.607. The normalized spacial score (nSPS) is 10.4. The molecule has 0 amide bonds. The van der Waals surface area contributed by atoms with Gasteiger partial charge in [0.15, 0.2) is 0 Å². The number of nitrogens with zero attached hydrogens (tertiary/aromatic N) is 2. The van der Waals surface area contributed by atoms with Crippen LogP contribution >= 0.6 is 22.6 Å². The van der Waals surface area contributed by atoms with Crippen molar-refractivity contribution in [2.45, 2.75) is 6.54 Å². The summed E-state index contributed by atoms with van der Waals surface area (Å²) in [5.41, 5.74) is -0.0619. The largest absolute Gasteiger partial charge is 0.394 e. The zero-order valence-electron chi connectivity index (χ0n) is 7.52. The molecule has 0 bridgehead atoms. The molecule has 0 spiro atoms. The van der Waals surface area contributed by atoms with Gasteiger partial charge in [0.1, 0.15) is 0 Å². The zero-order valence-corrected chi connectivity index (χ0v) is 9.68. The lowest BCUT2D eigenvalue weighted by Gasteiger charge is -2.05. The van der Waals surface area contributed by atoms with E-state index < -0.39 is 0 Å². The van der Waals surface area contributed by atoms with E-state index in [9.17, 15) is 4.79 Å². The van der Waals surface area contributed by atoms with E-state index in [1.807, 2.05) is 22.6 Å².